The fourth-order valence-corrected chi connectivity index (χ4v) is 6.46. The van der Waals surface area contributed by atoms with Crippen LogP contribution in [0.25, 0.3) is 11.3 Å². The molecule has 4 amide bonds. The monoisotopic (exact) mass is 563 g/mol. The number of amides is 4. The predicted octanol–water partition coefficient (Wildman–Crippen LogP) is 2.95. The largest absolute Gasteiger partial charge is 0.444 e. The molecule has 216 valence electrons. The van der Waals surface area contributed by atoms with Gasteiger partial charge in [-0.2, -0.15) is 0 Å². The Kier molecular flexibility index (Phi) is 6.80. The zero-order valence-corrected chi connectivity index (χ0v) is 23.5. The molecule has 0 saturated carbocycles. The Bertz CT molecular complexity index is 1420. The third kappa shape index (κ3) is 5.30. The molecule has 0 aliphatic carbocycles. The van der Waals surface area contributed by atoms with Crippen LogP contribution in [-0.2, 0) is 27.4 Å². The number of likely N-dealkylation sites (tertiary alicyclic amines) is 2. The van der Waals surface area contributed by atoms with Gasteiger partial charge in [0, 0.05) is 68.6 Å². The number of pyridine rings is 1. The summed E-state index contributed by atoms with van der Waals surface area (Å²) in [5.74, 6) is -0.813. The van der Waals surface area contributed by atoms with E-state index in [9.17, 15) is 19.2 Å². The van der Waals surface area contributed by atoms with E-state index in [-0.39, 0.29) is 43.0 Å². The molecule has 5 heterocycles. The van der Waals surface area contributed by atoms with Crippen LogP contribution in [0, 0.1) is 17.7 Å². The van der Waals surface area contributed by atoms with Gasteiger partial charge >= 0.3 is 6.09 Å². The Balaban J connectivity index is 1.12. The van der Waals surface area contributed by atoms with Crippen molar-refractivity contribution in [2.45, 2.75) is 58.3 Å². The minimum absolute atomic E-state index is 0.185. The lowest BCUT2D eigenvalue weighted by Gasteiger charge is -2.29. The lowest BCUT2D eigenvalue weighted by atomic mass is 10.0. The van der Waals surface area contributed by atoms with Gasteiger partial charge in [-0.3, -0.25) is 29.6 Å². The van der Waals surface area contributed by atoms with Crippen molar-refractivity contribution >= 4 is 23.8 Å². The number of carbonyl (C=O) groups is 4. The van der Waals surface area contributed by atoms with Gasteiger partial charge in [0.05, 0.1) is 0 Å². The van der Waals surface area contributed by atoms with Crippen molar-refractivity contribution < 1.29 is 28.3 Å². The number of hydrogen-bond acceptors (Lipinski definition) is 7. The molecule has 1 N–H and O–H groups in total. The highest BCUT2D eigenvalue weighted by Gasteiger charge is 2.43. The number of hydrogen-bond donors (Lipinski definition) is 1. The van der Waals surface area contributed by atoms with Crippen LogP contribution in [-0.4, -0.2) is 81.3 Å². The third-order valence-corrected chi connectivity index (χ3v) is 8.37. The van der Waals surface area contributed by atoms with Crippen LogP contribution in [0.2, 0.25) is 0 Å². The first-order valence-electron chi connectivity index (χ1n) is 14.1. The predicted molar refractivity (Wildman–Crippen MR) is 146 cm³/mol. The quantitative estimate of drug-likeness (QED) is 0.570. The van der Waals surface area contributed by atoms with Gasteiger partial charge in [-0.15, -0.1) is 0 Å². The van der Waals surface area contributed by atoms with Gasteiger partial charge < -0.3 is 14.5 Å². The highest BCUT2D eigenvalue weighted by molar-refractivity contribution is 6.05. The lowest BCUT2D eigenvalue weighted by molar-refractivity contribution is -0.136. The Morgan fingerprint density at radius 3 is 2.51 bits per heavy atom. The van der Waals surface area contributed by atoms with E-state index in [1.54, 1.807) is 35.4 Å². The number of nitrogens with one attached hydrogen (secondary N) is 1. The summed E-state index contributed by atoms with van der Waals surface area (Å²) < 4.78 is 21.3. The van der Waals surface area contributed by atoms with E-state index in [4.69, 9.17) is 4.74 Å². The second-order valence-corrected chi connectivity index (χ2v) is 12.5. The molecule has 0 bridgehead atoms. The molecule has 1 aromatic carbocycles. The number of ether oxygens (including phenoxy) is 1. The zero-order chi connectivity index (χ0) is 29.1. The highest BCUT2D eigenvalue weighted by Crippen LogP contribution is 2.35. The second-order valence-electron chi connectivity index (χ2n) is 12.5. The SMILES string of the molecule is CC(C)(C)OC(=O)N1C[C@H]2CN(Cc3ccnc(-c4ccc5c(c4)CN([C@H]4CCC(=O)NC4=O)C5=O)c3F)C[C@H]2C1. The Hall–Kier alpha value is -3.86. The molecule has 4 aliphatic rings. The van der Waals surface area contributed by atoms with Gasteiger partial charge in [-0.25, -0.2) is 9.18 Å². The van der Waals surface area contributed by atoms with E-state index in [1.807, 2.05) is 20.8 Å². The van der Waals surface area contributed by atoms with Crippen molar-refractivity contribution in [2.24, 2.45) is 11.8 Å². The molecule has 6 rings (SSSR count). The minimum atomic E-state index is -0.703. The third-order valence-electron chi connectivity index (χ3n) is 8.37. The average molecular weight is 564 g/mol. The average Bonchev–Trinajstić information content (AvgIpc) is 3.56. The number of nitrogens with zero attached hydrogens (tertiary/aromatic N) is 4. The van der Waals surface area contributed by atoms with E-state index in [1.165, 1.54) is 4.90 Å². The summed E-state index contributed by atoms with van der Waals surface area (Å²) in [6.07, 6.45) is 1.79. The van der Waals surface area contributed by atoms with Crippen LogP contribution in [0.4, 0.5) is 9.18 Å². The van der Waals surface area contributed by atoms with E-state index >= 15 is 4.39 Å². The summed E-state index contributed by atoms with van der Waals surface area (Å²) in [5, 5.41) is 2.30. The molecule has 0 unspecified atom stereocenters. The molecular weight excluding hydrogens is 529 g/mol. The van der Waals surface area contributed by atoms with Crippen molar-refractivity contribution in [3.05, 3.63) is 53.0 Å². The fourth-order valence-electron chi connectivity index (χ4n) is 6.46. The highest BCUT2D eigenvalue weighted by atomic mass is 19.1. The molecule has 11 heteroatoms. The summed E-state index contributed by atoms with van der Waals surface area (Å²) in [5.41, 5.74) is 1.96. The molecule has 0 spiro atoms. The Morgan fingerprint density at radius 1 is 1.10 bits per heavy atom. The maximum atomic E-state index is 15.8. The van der Waals surface area contributed by atoms with Gasteiger partial charge in [-0.05, 0) is 62.8 Å². The number of carbonyl (C=O) groups excluding carboxylic acids is 4. The van der Waals surface area contributed by atoms with Gasteiger partial charge in [-0.1, -0.05) is 6.07 Å². The minimum Gasteiger partial charge on any atom is -0.444 e. The molecular formula is C30H34FN5O5. The van der Waals surface area contributed by atoms with Crippen LogP contribution in [0.3, 0.4) is 0 Å². The maximum Gasteiger partial charge on any atom is 0.410 e. The number of aromatic nitrogens is 1. The molecule has 3 fully saturated rings. The second kappa shape index (κ2) is 10.2. The Labute approximate surface area is 237 Å². The summed E-state index contributed by atoms with van der Waals surface area (Å²) in [6.45, 7) is 9.07. The molecule has 0 radical (unpaired) electrons. The fraction of sp³-hybridized carbons (Fsp3) is 0.500. The van der Waals surface area contributed by atoms with Crippen LogP contribution in [0.5, 0.6) is 0 Å². The number of halogens is 1. The van der Waals surface area contributed by atoms with Crippen LogP contribution in [0.15, 0.2) is 30.5 Å². The first-order valence-corrected chi connectivity index (χ1v) is 14.1. The summed E-state index contributed by atoms with van der Waals surface area (Å²) in [6, 6.07) is 6.10. The number of fused-ring (bicyclic) bond motifs is 2. The molecule has 41 heavy (non-hydrogen) atoms. The van der Waals surface area contributed by atoms with Crippen LogP contribution >= 0.6 is 0 Å². The van der Waals surface area contributed by atoms with Crippen LogP contribution < -0.4 is 5.32 Å². The lowest BCUT2D eigenvalue weighted by Crippen LogP contribution is -2.52. The van der Waals surface area contributed by atoms with Crippen molar-refractivity contribution in [1.82, 2.24) is 25.0 Å². The van der Waals surface area contributed by atoms with Crippen LogP contribution in [0.1, 0.15) is 55.1 Å². The number of piperidine rings is 1. The molecule has 4 aliphatic heterocycles. The van der Waals surface area contributed by atoms with Crippen molar-refractivity contribution in [2.75, 3.05) is 26.2 Å². The first kappa shape index (κ1) is 27.3. The van der Waals surface area contributed by atoms with E-state index in [2.05, 4.69) is 15.2 Å². The molecule has 1 aromatic heterocycles. The van der Waals surface area contributed by atoms with E-state index in [0.717, 1.165) is 13.1 Å². The molecule has 10 nitrogen and oxygen atoms in total. The number of imide groups is 1. The van der Waals surface area contributed by atoms with Gasteiger partial charge in [0.15, 0.2) is 5.82 Å². The molecule has 3 atom stereocenters. The van der Waals surface area contributed by atoms with Crippen molar-refractivity contribution in [3.63, 3.8) is 0 Å². The molecule has 2 aromatic rings. The van der Waals surface area contributed by atoms with E-state index in [0.29, 0.717) is 53.7 Å². The maximum absolute atomic E-state index is 15.8. The number of benzene rings is 1. The van der Waals surface area contributed by atoms with Gasteiger partial charge in [0.25, 0.3) is 5.91 Å². The van der Waals surface area contributed by atoms with Gasteiger partial charge in [0.1, 0.15) is 17.3 Å². The summed E-state index contributed by atoms with van der Waals surface area (Å²) >= 11 is 0. The van der Waals surface area contributed by atoms with E-state index < -0.39 is 23.4 Å². The normalized spacial score (nSPS) is 24.5. The number of rotatable bonds is 4. The van der Waals surface area contributed by atoms with Crippen molar-refractivity contribution in [3.8, 4) is 11.3 Å². The zero-order valence-electron chi connectivity index (χ0n) is 23.5. The molecule has 3 saturated heterocycles. The van der Waals surface area contributed by atoms with Crippen molar-refractivity contribution in [1.29, 1.82) is 0 Å². The first-order chi connectivity index (χ1) is 19.5. The standard InChI is InChI=1S/C30H34FN5O5/c1-30(2,3)41-29(40)35-14-20-12-34(13-21(20)15-35)11-18-8-9-32-26(25(18)31)17-4-5-22-19(10-17)16-36(28(22)39)23-6-7-24(37)33-27(23)38/h4-5,8-10,20-21,23H,6-7,11-16H2,1-3H3,(H,33,37,38)/t20-,21+,23-/m0/s1. The topological polar surface area (TPSA) is 112 Å². The Morgan fingerprint density at radius 2 is 1.83 bits per heavy atom. The smallest absolute Gasteiger partial charge is 0.410 e. The van der Waals surface area contributed by atoms with Gasteiger partial charge in [0.2, 0.25) is 11.8 Å². The summed E-state index contributed by atoms with van der Waals surface area (Å²) in [4.78, 5) is 59.2. The summed E-state index contributed by atoms with van der Waals surface area (Å²) in [7, 11) is 0.